The van der Waals surface area contributed by atoms with E-state index in [2.05, 4.69) is 47.6 Å². The summed E-state index contributed by atoms with van der Waals surface area (Å²) >= 11 is 0. The van der Waals surface area contributed by atoms with Crippen LogP contribution in [-0.2, 0) is 6.54 Å². The zero-order valence-corrected chi connectivity index (χ0v) is 18.1. The smallest absolute Gasteiger partial charge is 0.120 e. The van der Waals surface area contributed by atoms with Crippen LogP contribution in [-0.4, -0.2) is 51.5 Å². The number of likely N-dealkylation sites (N-methyl/N-ethyl adjacent to an activating group) is 1. The van der Waals surface area contributed by atoms with Gasteiger partial charge in [-0.1, -0.05) is 18.2 Å². The van der Waals surface area contributed by atoms with Crippen LogP contribution >= 0.6 is 0 Å². The van der Waals surface area contributed by atoms with Crippen molar-refractivity contribution in [1.29, 1.82) is 0 Å². The molecule has 0 aliphatic carbocycles. The molecule has 162 valence electrons. The molecule has 4 nitrogen and oxygen atoms in total. The minimum atomic E-state index is -0.332. The molecule has 0 spiro atoms. The Morgan fingerprint density at radius 1 is 1.10 bits per heavy atom. The summed E-state index contributed by atoms with van der Waals surface area (Å²) in [6, 6.07) is 14.8. The highest BCUT2D eigenvalue weighted by Gasteiger charge is 2.28. The molecule has 2 aliphatic rings. The van der Waals surface area contributed by atoms with Gasteiger partial charge >= 0.3 is 0 Å². The van der Waals surface area contributed by atoms with Gasteiger partial charge in [-0.2, -0.15) is 0 Å². The molecule has 5 heteroatoms. The lowest BCUT2D eigenvalue weighted by molar-refractivity contribution is 0.0964. The third-order valence-corrected chi connectivity index (χ3v) is 6.53. The summed E-state index contributed by atoms with van der Waals surface area (Å²) < 4.78 is 24.9. The second kappa shape index (κ2) is 9.80. The lowest BCUT2D eigenvalue weighted by atomic mass is 9.84. The predicted molar refractivity (Wildman–Crippen MR) is 118 cm³/mol. The number of rotatable bonds is 7. The molecule has 0 radical (unpaired) electrons. The van der Waals surface area contributed by atoms with Crippen molar-refractivity contribution < 1.29 is 13.9 Å². The van der Waals surface area contributed by atoms with Gasteiger partial charge < -0.3 is 19.7 Å². The maximum absolute atomic E-state index is 13.2. The summed E-state index contributed by atoms with van der Waals surface area (Å²) in [7, 11) is 3.86. The number of methoxy groups -OCH3 is 1. The van der Waals surface area contributed by atoms with Crippen molar-refractivity contribution in [3.8, 4) is 11.5 Å². The number of hydrogen-bond acceptors (Lipinski definition) is 4. The average Bonchev–Trinajstić information content (AvgIpc) is 2.78. The summed E-state index contributed by atoms with van der Waals surface area (Å²) in [5, 5.41) is 3.39. The molecule has 1 saturated heterocycles. The number of nitrogens with one attached hydrogen (secondary N) is 1. The van der Waals surface area contributed by atoms with E-state index in [4.69, 9.17) is 9.47 Å². The third kappa shape index (κ3) is 4.79. The Morgan fingerprint density at radius 3 is 2.53 bits per heavy atom. The number of ether oxygens (including phenoxy) is 2. The summed E-state index contributed by atoms with van der Waals surface area (Å²) in [6.07, 6.45) is 2.53. The topological polar surface area (TPSA) is 33.7 Å². The van der Waals surface area contributed by atoms with E-state index >= 15 is 0 Å². The van der Waals surface area contributed by atoms with Gasteiger partial charge in [0.2, 0.25) is 0 Å². The molecule has 0 saturated carbocycles. The van der Waals surface area contributed by atoms with Crippen LogP contribution in [0.4, 0.5) is 4.39 Å². The fraction of sp³-hybridized carbons (Fsp3) is 0.520. The van der Waals surface area contributed by atoms with Crippen molar-refractivity contribution >= 4 is 0 Å². The highest BCUT2D eigenvalue weighted by atomic mass is 19.1. The normalized spacial score (nSPS) is 21.1. The zero-order chi connectivity index (χ0) is 20.9. The number of halogens is 1. The Morgan fingerprint density at radius 2 is 1.83 bits per heavy atom. The first-order valence-electron chi connectivity index (χ1n) is 11.1. The number of piperidine rings is 1. The van der Waals surface area contributed by atoms with Crippen molar-refractivity contribution in [2.75, 3.05) is 40.5 Å². The molecule has 30 heavy (non-hydrogen) atoms. The lowest BCUT2D eigenvalue weighted by Crippen LogP contribution is -2.37. The molecule has 0 aromatic heterocycles. The molecular formula is C25H33FN2O2. The van der Waals surface area contributed by atoms with Crippen LogP contribution in [0, 0.1) is 5.92 Å². The Bertz CT molecular complexity index is 820. The zero-order valence-electron chi connectivity index (χ0n) is 18.1. The molecule has 2 aromatic carbocycles. The molecule has 2 aromatic rings. The highest BCUT2D eigenvalue weighted by molar-refractivity contribution is 5.45. The van der Waals surface area contributed by atoms with Crippen LogP contribution in [0.15, 0.2) is 42.5 Å². The number of hydrogen-bond donors (Lipinski definition) is 1. The van der Waals surface area contributed by atoms with Crippen LogP contribution in [0.1, 0.15) is 41.9 Å². The Balaban J connectivity index is 1.55. The van der Waals surface area contributed by atoms with E-state index in [1.54, 1.807) is 7.11 Å². The van der Waals surface area contributed by atoms with Crippen molar-refractivity contribution in [3.63, 3.8) is 0 Å². The fourth-order valence-electron chi connectivity index (χ4n) is 4.91. The number of alkyl halides is 1. The van der Waals surface area contributed by atoms with Crippen LogP contribution in [0.3, 0.4) is 0 Å². The van der Waals surface area contributed by atoms with Crippen molar-refractivity contribution in [2.24, 2.45) is 5.92 Å². The van der Waals surface area contributed by atoms with Gasteiger partial charge in [-0.25, -0.2) is 0 Å². The molecule has 1 fully saturated rings. The van der Waals surface area contributed by atoms with E-state index in [9.17, 15) is 4.39 Å². The minimum absolute atomic E-state index is 0.0474. The number of benzene rings is 2. The van der Waals surface area contributed by atoms with E-state index in [0.29, 0.717) is 18.3 Å². The molecule has 2 heterocycles. The largest absolute Gasteiger partial charge is 0.497 e. The van der Waals surface area contributed by atoms with Gasteiger partial charge in [0.1, 0.15) is 17.6 Å². The molecule has 2 aliphatic heterocycles. The second-order valence-corrected chi connectivity index (χ2v) is 8.60. The number of fused-ring (bicyclic) bond motifs is 1. The summed E-state index contributed by atoms with van der Waals surface area (Å²) in [6.45, 7) is 3.55. The van der Waals surface area contributed by atoms with Crippen molar-refractivity contribution in [3.05, 3.63) is 59.2 Å². The quantitative estimate of drug-likeness (QED) is 0.732. The first-order chi connectivity index (χ1) is 14.7. The number of nitrogens with zero attached hydrogens (tertiary/aromatic N) is 1. The monoisotopic (exact) mass is 412 g/mol. The first-order valence-corrected chi connectivity index (χ1v) is 11.1. The maximum atomic E-state index is 13.2. The van der Waals surface area contributed by atoms with E-state index in [1.807, 2.05) is 12.1 Å². The van der Waals surface area contributed by atoms with Crippen LogP contribution in [0.25, 0.3) is 0 Å². The maximum Gasteiger partial charge on any atom is 0.120 e. The Labute approximate surface area is 179 Å². The fourth-order valence-corrected chi connectivity index (χ4v) is 4.91. The van der Waals surface area contributed by atoms with Gasteiger partial charge in [-0.05, 0) is 79.9 Å². The van der Waals surface area contributed by atoms with E-state index in [-0.39, 0.29) is 12.8 Å². The van der Waals surface area contributed by atoms with Gasteiger partial charge in [0.15, 0.2) is 0 Å². The van der Waals surface area contributed by atoms with Crippen LogP contribution in [0.2, 0.25) is 0 Å². The third-order valence-electron chi connectivity index (χ3n) is 6.53. The van der Waals surface area contributed by atoms with Crippen LogP contribution < -0.4 is 14.8 Å². The lowest BCUT2D eigenvalue weighted by Gasteiger charge is -2.34. The molecular weight excluding hydrogens is 379 g/mol. The molecule has 4 rings (SSSR count). The predicted octanol–water partition coefficient (Wildman–Crippen LogP) is 4.38. The molecule has 0 bridgehead atoms. The van der Waals surface area contributed by atoms with E-state index in [0.717, 1.165) is 50.5 Å². The second-order valence-electron chi connectivity index (χ2n) is 8.60. The molecule has 1 N–H and O–H groups in total. The van der Waals surface area contributed by atoms with Crippen molar-refractivity contribution in [1.82, 2.24) is 10.2 Å². The Kier molecular flexibility index (Phi) is 6.90. The molecule has 2 unspecified atom stereocenters. The summed E-state index contributed by atoms with van der Waals surface area (Å²) in [4.78, 5) is 2.35. The van der Waals surface area contributed by atoms with Gasteiger partial charge in [-0.3, -0.25) is 4.39 Å². The highest BCUT2D eigenvalue weighted by Crippen LogP contribution is 2.36. The minimum Gasteiger partial charge on any atom is -0.497 e. The van der Waals surface area contributed by atoms with Gasteiger partial charge in [0.25, 0.3) is 0 Å². The van der Waals surface area contributed by atoms with Crippen LogP contribution in [0.5, 0.6) is 11.5 Å². The average molecular weight is 413 g/mol. The molecule has 0 amide bonds. The standard InChI is InChI=1S/C25H33FN2O2/c1-28-16-20-15-22(30-25(9-12-26)19-10-13-27-14-11-19)7-8-23(20)24(17-28)18-3-5-21(29-2)6-4-18/h3-8,15,19,24-25,27H,9-14,16-17H2,1-2H3. The van der Waals surface area contributed by atoms with Gasteiger partial charge in [0.05, 0.1) is 13.8 Å². The molecule has 2 atom stereocenters. The summed E-state index contributed by atoms with van der Waals surface area (Å²) in [5.74, 6) is 2.50. The Hall–Kier alpha value is -2.11. The van der Waals surface area contributed by atoms with E-state index < -0.39 is 0 Å². The summed E-state index contributed by atoms with van der Waals surface area (Å²) in [5.41, 5.74) is 3.95. The van der Waals surface area contributed by atoms with Gasteiger partial charge in [-0.15, -0.1) is 0 Å². The SMILES string of the molecule is COc1ccc(C2CN(C)Cc3cc(OC(CCF)C4CCNCC4)ccc32)cc1. The first kappa shape index (κ1) is 21.1. The van der Waals surface area contributed by atoms with Gasteiger partial charge in [0, 0.05) is 25.4 Å². The van der Waals surface area contributed by atoms with Crippen molar-refractivity contribution in [2.45, 2.75) is 37.8 Å². The van der Waals surface area contributed by atoms with E-state index in [1.165, 1.54) is 16.7 Å².